The molecular weight excluding hydrogens is 252 g/mol. The molecular formula is C11H14N4O4. The number of carbonyl (C=O) groups is 1. The van der Waals surface area contributed by atoms with Crippen molar-refractivity contribution < 1.29 is 9.53 Å². The summed E-state index contributed by atoms with van der Waals surface area (Å²) in [4.78, 5) is 38.4. The zero-order chi connectivity index (χ0) is 14.6. The van der Waals surface area contributed by atoms with E-state index in [1.807, 2.05) is 0 Å². The van der Waals surface area contributed by atoms with E-state index in [4.69, 9.17) is 0 Å². The van der Waals surface area contributed by atoms with Crippen LogP contribution < -0.4 is 11.2 Å². The zero-order valence-corrected chi connectivity index (χ0v) is 10.8. The van der Waals surface area contributed by atoms with Crippen molar-refractivity contribution in [2.24, 2.45) is 14.1 Å². The molecule has 8 nitrogen and oxygen atoms in total. The predicted molar refractivity (Wildman–Crippen MR) is 68.8 cm³/mol. The number of fused-ring (bicyclic) bond motifs is 1. The van der Waals surface area contributed by atoms with E-state index in [0.717, 1.165) is 6.08 Å². The van der Waals surface area contributed by atoms with Gasteiger partial charge in [-0.3, -0.25) is 14.3 Å². The molecule has 2 rings (SSSR count). The van der Waals surface area contributed by atoms with E-state index in [1.54, 1.807) is 18.7 Å². The molecule has 8 heteroatoms. The number of hydrogen-bond acceptors (Lipinski definition) is 5. The molecule has 0 aliphatic rings. The van der Waals surface area contributed by atoms with Crippen LogP contribution in [0.3, 0.4) is 0 Å². The SMILES string of the molecule is C=CC(=O)OC.Cn1cnc2c1c(=O)[nH]c(=O)n2C. The van der Waals surface area contributed by atoms with Gasteiger partial charge in [-0.25, -0.2) is 14.6 Å². The number of nitrogens with one attached hydrogen (secondary N) is 1. The molecule has 0 saturated carbocycles. The molecule has 0 radical (unpaired) electrons. The fourth-order valence-corrected chi connectivity index (χ4v) is 1.34. The van der Waals surface area contributed by atoms with Crippen molar-refractivity contribution in [1.82, 2.24) is 19.1 Å². The first-order valence-corrected chi connectivity index (χ1v) is 5.23. The number of aromatic nitrogens is 4. The largest absolute Gasteiger partial charge is 0.466 e. The summed E-state index contributed by atoms with van der Waals surface area (Å²) < 4.78 is 7.02. The maximum absolute atomic E-state index is 11.3. The molecule has 0 bridgehead atoms. The van der Waals surface area contributed by atoms with Gasteiger partial charge in [0.1, 0.15) is 0 Å². The number of hydrogen-bond donors (Lipinski definition) is 1. The van der Waals surface area contributed by atoms with Crippen LogP contribution in [0, 0.1) is 0 Å². The van der Waals surface area contributed by atoms with E-state index < -0.39 is 17.2 Å². The molecule has 2 aromatic heterocycles. The lowest BCUT2D eigenvalue weighted by molar-refractivity contribution is -0.134. The molecule has 0 aliphatic carbocycles. The molecule has 0 atom stereocenters. The summed E-state index contributed by atoms with van der Waals surface area (Å²) in [5.41, 5.74) is -0.0485. The molecule has 0 fully saturated rings. The summed E-state index contributed by atoms with van der Waals surface area (Å²) in [5, 5.41) is 0. The molecule has 102 valence electrons. The van der Waals surface area contributed by atoms with Crippen molar-refractivity contribution >= 4 is 17.1 Å². The van der Waals surface area contributed by atoms with Crippen LogP contribution in [0.25, 0.3) is 11.2 Å². The predicted octanol–water partition coefficient (Wildman–Crippen LogP) is -0.694. The van der Waals surface area contributed by atoms with Gasteiger partial charge < -0.3 is 9.30 Å². The minimum Gasteiger partial charge on any atom is -0.466 e. The molecule has 0 spiro atoms. The van der Waals surface area contributed by atoms with E-state index in [-0.39, 0.29) is 0 Å². The van der Waals surface area contributed by atoms with Crippen LogP contribution in [0.15, 0.2) is 28.6 Å². The second-order valence-electron chi connectivity index (χ2n) is 3.57. The number of H-pyrrole nitrogens is 1. The van der Waals surface area contributed by atoms with Crippen LogP contribution in [0.1, 0.15) is 0 Å². The van der Waals surface area contributed by atoms with Crippen LogP contribution in [0.4, 0.5) is 0 Å². The van der Waals surface area contributed by atoms with Gasteiger partial charge in [0, 0.05) is 20.2 Å². The summed E-state index contributed by atoms with van der Waals surface area (Å²) in [6.07, 6.45) is 2.61. The standard InChI is InChI=1S/C7H8N4O2.C4H6O2/c1-10-3-8-5-4(10)6(12)9-7(13)11(5)2;1-3-4(5)6-2/h3H,1-2H3,(H,9,12,13);3H,1H2,2H3. The fourth-order valence-electron chi connectivity index (χ4n) is 1.34. The van der Waals surface area contributed by atoms with E-state index in [9.17, 15) is 14.4 Å². The molecule has 0 aromatic carbocycles. The Labute approximate surface area is 108 Å². The molecule has 19 heavy (non-hydrogen) atoms. The van der Waals surface area contributed by atoms with Gasteiger partial charge in [0.15, 0.2) is 11.2 Å². The molecule has 2 heterocycles. The van der Waals surface area contributed by atoms with Crippen LogP contribution >= 0.6 is 0 Å². The lowest BCUT2D eigenvalue weighted by Crippen LogP contribution is -2.28. The highest BCUT2D eigenvalue weighted by atomic mass is 16.5. The number of imidazole rings is 1. The zero-order valence-electron chi connectivity index (χ0n) is 10.8. The van der Waals surface area contributed by atoms with E-state index in [2.05, 4.69) is 21.3 Å². The van der Waals surface area contributed by atoms with Gasteiger partial charge in [-0.05, 0) is 0 Å². The van der Waals surface area contributed by atoms with Crippen molar-refractivity contribution in [3.05, 3.63) is 39.8 Å². The van der Waals surface area contributed by atoms with Crippen molar-refractivity contribution in [2.45, 2.75) is 0 Å². The second-order valence-corrected chi connectivity index (χ2v) is 3.57. The summed E-state index contributed by atoms with van der Waals surface area (Å²) in [6.45, 7) is 3.16. The highest BCUT2D eigenvalue weighted by Crippen LogP contribution is 2.00. The van der Waals surface area contributed by atoms with Crippen LogP contribution in [0.2, 0.25) is 0 Å². The molecule has 0 unspecified atom stereocenters. The minimum atomic E-state index is -0.448. The Bertz CT molecular complexity index is 722. The number of aryl methyl sites for hydroxylation is 2. The smallest absolute Gasteiger partial charge is 0.329 e. The normalized spacial score (nSPS) is 9.63. The number of nitrogens with zero attached hydrogens (tertiary/aromatic N) is 3. The fraction of sp³-hybridized carbons (Fsp3) is 0.273. The van der Waals surface area contributed by atoms with E-state index in [0.29, 0.717) is 11.2 Å². The molecule has 0 aliphatic heterocycles. The average Bonchev–Trinajstić information content (AvgIpc) is 2.78. The maximum atomic E-state index is 11.3. The number of esters is 1. The Morgan fingerprint density at radius 1 is 1.47 bits per heavy atom. The molecule has 0 saturated heterocycles. The van der Waals surface area contributed by atoms with Gasteiger partial charge >= 0.3 is 11.7 Å². The second kappa shape index (κ2) is 5.80. The lowest BCUT2D eigenvalue weighted by atomic mass is 10.5. The summed E-state index contributed by atoms with van der Waals surface area (Å²) >= 11 is 0. The third-order valence-electron chi connectivity index (χ3n) is 2.34. The first kappa shape index (κ1) is 14.4. The van der Waals surface area contributed by atoms with Gasteiger partial charge in [-0.15, -0.1) is 0 Å². The first-order chi connectivity index (χ1) is 8.92. The van der Waals surface area contributed by atoms with Crippen LogP contribution in [-0.2, 0) is 23.6 Å². The third kappa shape index (κ3) is 2.97. The number of aromatic amines is 1. The monoisotopic (exact) mass is 266 g/mol. The van der Waals surface area contributed by atoms with Gasteiger partial charge in [0.05, 0.1) is 13.4 Å². The topological polar surface area (TPSA) is 99.0 Å². The quantitative estimate of drug-likeness (QED) is 0.544. The Morgan fingerprint density at radius 2 is 2.11 bits per heavy atom. The van der Waals surface area contributed by atoms with Crippen molar-refractivity contribution in [3.8, 4) is 0 Å². The number of ether oxygens (including phenoxy) is 1. The number of carbonyl (C=O) groups excluding carboxylic acids is 1. The van der Waals surface area contributed by atoms with Crippen LogP contribution in [-0.4, -0.2) is 32.2 Å². The van der Waals surface area contributed by atoms with Gasteiger partial charge in [0.2, 0.25) is 0 Å². The van der Waals surface area contributed by atoms with Crippen LogP contribution in [0.5, 0.6) is 0 Å². The molecule has 1 N–H and O–H groups in total. The molecule has 2 aromatic rings. The summed E-state index contributed by atoms with van der Waals surface area (Å²) in [6, 6.07) is 0. The minimum absolute atomic E-state index is 0.394. The Morgan fingerprint density at radius 3 is 2.58 bits per heavy atom. The lowest BCUT2D eigenvalue weighted by Gasteiger charge is -1.97. The Kier molecular flexibility index (Phi) is 4.41. The Balaban J connectivity index is 0.000000258. The third-order valence-corrected chi connectivity index (χ3v) is 2.34. The number of rotatable bonds is 1. The van der Waals surface area contributed by atoms with Gasteiger partial charge in [-0.2, -0.15) is 0 Å². The van der Waals surface area contributed by atoms with E-state index in [1.165, 1.54) is 18.0 Å². The number of methoxy groups -OCH3 is 1. The maximum Gasteiger partial charge on any atom is 0.329 e. The van der Waals surface area contributed by atoms with Crippen molar-refractivity contribution in [1.29, 1.82) is 0 Å². The van der Waals surface area contributed by atoms with Crippen molar-refractivity contribution in [3.63, 3.8) is 0 Å². The summed E-state index contributed by atoms with van der Waals surface area (Å²) in [5.74, 6) is -0.394. The summed E-state index contributed by atoms with van der Waals surface area (Å²) in [7, 11) is 4.58. The average molecular weight is 266 g/mol. The first-order valence-electron chi connectivity index (χ1n) is 5.23. The highest BCUT2D eigenvalue weighted by molar-refractivity contribution is 5.80. The highest BCUT2D eigenvalue weighted by Gasteiger charge is 2.08. The Hall–Kier alpha value is -2.64. The van der Waals surface area contributed by atoms with Gasteiger partial charge in [-0.1, -0.05) is 6.58 Å². The van der Waals surface area contributed by atoms with Gasteiger partial charge in [0.25, 0.3) is 5.56 Å². The van der Waals surface area contributed by atoms with E-state index >= 15 is 0 Å². The molecule has 0 amide bonds. The van der Waals surface area contributed by atoms with Crippen molar-refractivity contribution in [2.75, 3.05) is 7.11 Å².